The molecular formula is C9H17NO2. The van der Waals surface area contributed by atoms with Crippen LogP contribution in [0.25, 0.3) is 0 Å². The largest absolute Gasteiger partial charge is 0.480 e. The Kier molecular flexibility index (Phi) is 2.73. The lowest BCUT2D eigenvalue weighted by Crippen LogP contribution is -2.30. The molecule has 0 aromatic heterocycles. The van der Waals surface area contributed by atoms with Crippen LogP contribution in [-0.2, 0) is 4.79 Å². The molecule has 1 heterocycles. The molecule has 3 heteroatoms. The van der Waals surface area contributed by atoms with E-state index in [4.69, 9.17) is 5.11 Å². The molecule has 0 bridgehead atoms. The van der Waals surface area contributed by atoms with Crippen molar-refractivity contribution >= 4 is 5.97 Å². The zero-order chi connectivity index (χ0) is 9.19. The van der Waals surface area contributed by atoms with Gasteiger partial charge in [0.15, 0.2) is 0 Å². The standard InChI is InChI=1S/C9H17NO2/c1-3-4-9(2)5-7(8(11)12)10-6-9/h7,10H,3-6H2,1-2H3,(H,11,12). The van der Waals surface area contributed by atoms with Gasteiger partial charge in [0.1, 0.15) is 6.04 Å². The van der Waals surface area contributed by atoms with E-state index in [-0.39, 0.29) is 11.5 Å². The van der Waals surface area contributed by atoms with Crippen molar-refractivity contribution in [2.24, 2.45) is 5.41 Å². The number of carbonyl (C=O) groups is 1. The van der Waals surface area contributed by atoms with Crippen LogP contribution >= 0.6 is 0 Å². The van der Waals surface area contributed by atoms with Crippen molar-refractivity contribution in [2.75, 3.05) is 6.54 Å². The molecule has 1 aliphatic heterocycles. The minimum absolute atomic E-state index is 0.206. The summed E-state index contributed by atoms with van der Waals surface area (Å²) in [4.78, 5) is 10.6. The maximum atomic E-state index is 10.6. The van der Waals surface area contributed by atoms with Crippen LogP contribution in [0.5, 0.6) is 0 Å². The Morgan fingerprint density at radius 3 is 2.83 bits per heavy atom. The number of aliphatic carboxylic acids is 1. The predicted octanol–water partition coefficient (Wildman–Crippen LogP) is 1.24. The second kappa shape index (κ2) is 3.44. The van der Waals surface area contributed by atoms with E-state index in [1.54, 1.807) is 0 Å². The lowest BCUT2D eigenvalue weighted by Gasteiger charge is -2.21. The molecule has 0 saturated carbocycles. The van der Waals surface area contributed by atoms with Gasteiger partial charge in [0.2, 0.25) is 0 Å². The van der Waals surface area contributed by atoms with E-state index in [2.05, 4.69) is 19.2 Å². The van der Waals surface area contributed by atoms with E-state index in [1.165, 1.54) is 0 Å². The number of nitrogens with one attached hydrogen (secondary N) is 1. The van der Waals surface area contributed by atoms with Gasteiger partial charge in [-0.3, -0.25) is 4.79 Å². The third kappa shape index (κ3) is 1.97. The molecular weight excluding hydrogens is 154 g/mol. The summed E-state index contributed by atoms with van der Waals surface area (Å²) in [6.45, 7) is 5.14. The number of rotatable bonds is 3. The molecule has 2 N–H and O–H groups in total. The van der Waals surface area contributed by atoms with Crippen LogP contribution in [-0.4, -0.2) is 23.7 Å². The summed E-state index contributed by atoms with van der Waals surface area (Å²) in [6, 6.07) is -0.318. The fourth-order valence-electron chi connectivity index (χ4n) is 1.98. The van der Waals surface area contributed by atoms with Gasteiger partial charge < -0.3 is 10.4 Å². The third-order valence-corrected chi connectivity index (χ3v) is 2.62. The molecule has 0 amide bonds. The Balaban J connectivity index is 2.48. The summed E-state index contributed by atoms with van der Waals surface area (Å²) < 4.78 is 0. The number of hydrogen-bond donors (Lipinski definition) is 2. The molecule has 0 aromatic carbocycles. The zero-order valence-corrected chi connectivity index (χ0v) is 7.76. The van der Waals surface area contributed by atoms with E-state index >= 15 is 0 Å². The van der Waals surface area contributed by atoms with Gasteiger partial charge in [-0.1, -0.05) is 20.3 Å². The summed E-state index contributed by atoms with van der Waals surface area (Å²) in [5.41, 5.74) is 0.206. The number of carboxylic acids is 1. The Morgan fingerprint density at radius 1 is 1.75 bits per heavy atom. The van der Waals surface area contributed by atoms with Crippen molar-refractivity contribution in [3.8, 4) is 0 Å². The molecule has 2 atom stereocenters. The molecule has 0 spiro atoms. The molecule has 1 fully saturated rings. The lowest BCUT2D eigenvalue weighted by atomic mass is 9.83. The Hall–Kier alpha value is -0.570. The first kappa shape index (κ1) is 9.52. The van der Waals surface area contributed by atoms with E-state index in [9.17, 15) is 4.79 Å². The highest BCUT2D eigenvalue weighted by Gasteiger charge is 2.37. The van der Waals surface area contributed by atoms with Crippen molar-refractivity contribution in [3.63, 3.8) is 0 Å². The summed E-state index contributed by atoms with van der Waals surface area (Å²) in [6.07, 6.45) is 3.02. The number of hydrogen-bond acceptors (Lipinski definition) is 2. The van der Waals surface area contributed by atoms with Crippen molar-refractivity contribution < 1.29 is 9.90 Å². The van der Waals surface area contributed by atoms with Crippen molar-refractivity contribution in [1.29, 1.82) is 0 Å². The first-order valence-electron chi connectivity index (χ1n) is 4.53. The second-order valence-electron chi connectivity index (χ2n) is 4.04. The molecule has 0 radical (unpaired) electrons. The summed E-state index contributed by atoms with van der Waals surface area (Å²) in [5.74, 6) is -0.713. The van der Waals surface area contributed by atoms with Gasteiger partial charge in [-0.05, 0) is 18.3 Å². The van der Waals surface area contributed by atoms with Crippen LogP contribution in [0.1, 0.15) is 33.1 Å². The van der Waals surface area contributed by atoms with E-state index < -0.39 is 5.97 Å². The summed E-state index contributed by atoms with van der Waals surface area (Å²) in [5, 5.41) is 11.8. The Labute approximate surface area is 73.2 Å². The van der Waals surface area contributed by atoms with Gasteiger partial charge in [-0.2, -0.15) is 0 Å². The van der Waals surface area contributed by atoms with E-state index in [0.717, 1.165) is 25.8 Å². The molecule has 70 valence electrons. The summed E-state index contributed by atoms with van der Waals surface area (Å²) in [7, 11) is 0. The highest BCUT2D eigenvalue weighted by Crippen LogP contribution is 2.32. The third-order valence-electron chi connectivity index (χ3n) is 2.62. The van der Waals surface area contributed by atoms with Gasteiger partial charge in [-0.15, -0.1) is 0 Å². The average molecular weight is 171 g/mol. The fourth-order valence-corrected chi connectivity index (χ4v) is 1.98. The maximum absolute atomic E-state index is 10.6. The molecule has 12 heavy (non-hydrogen) atoms. The van der Waals surface area contributed by atoms with Crippen LogP contribution < -0.4 is 5.32 Å². The molecule has 0 aliphatic carbocycles. The van der Waals surface area contributed by atoms with Crippen LogP contribution in [0.3, 0.4) is 0 Å². The highest BCUT2D eigenvalue weighted by atomic mass is 16.4. The second-order valence-corrected chi connectivity index (χ2v) is 4.04. The topological polar surface area (TPSA) is 49.3 Å². The number of carboxylic acid groups (broad SMARTS) is 1. The first-order valence-corrected chi connectivity index (χ1v) is 4.53. The first-order chi connectivity index (χ1) is 5.57. The lowest BCUT2D eigenvalue weighted by molar-refractivity contribution is -0.139. The molecule has 2 unspecified atom stereocenters. The van der Waals surface area contributed by atoms with E-state index in [1.807, 2.05) is 0 Å². The molecule has 1 aliphatic rings. The van der Waals surface area contributed by atoms with Crippen LogP contribution in [0.4, 0.5) is 0 Å². The summed E-state index contributed by atoms with van der Waals surface area (Å²) >= 11 is 0. The van der Waals surface area contributed by atoms with Gasteiger partial charge >= 0.3 is 5.97 Å². The van der Waals surface area contributed by atoms with Crippen LogP contribution in [0.2, 0.25) is 0 Å². The molecule has 1 saturated heterocycles. The van der Waals surface area contributed by atoms with Crippen molar-refractivity contribution in [3.05, 3.63) is 0 Å². The minimum Gasteiger partial charge on any atom is -0.480 e. The van der Waals surface area contributed by atoms with Crippen LogP contribution in [0.15, 0.2) is 0 Å². The van der Waals surface area contributed by atoms with Crippen molar-refractivity contribution in [2.45, 2.75) is 39.2 Å². The smallest absolute Gasteiger partial charge is 0.320 e. The Bertz CT molecular complexity index is 181. The molecule has 3 nitrogen and oxygen atoms in total. The average Bonchev–Trinajstić information content (AvgIpc) is 2.33. The van der Waals surface area contributed by atoms with Crippen LogP contribution in [0, 0.1) is 5.41 Å². The SMILES string of the molecule is CCCC1(C)CNC(C(=O)O)C1. The highest BCUT2D eigenvalue weighted by molar-refractivity contribution is 5.74. The fraction of sp³-hybridized carbons (Fsp3) is 0.889. The quantitative estimate of drug-likeness (QED) is 0.671. The molecule has 0 aromatic rings. The Morgan fingerprint density at radius 2 is 2.42 bits per heavy atom. The predicted molar refractivity (Wildman–Crippen MR) is 47.1 cm³/mol. The molecule has 1 rings (SSSR count). The van der Waals surface area contributed by atoms with Gasteiger partial charge in [-0.25, -0.2) is 0 Å². The van der Waals surface area contributed by atoms with Gasteiger partial charge in [0, 0.05) is 6.54 Å². The van der Waals surface area contributed by atoms with Gasteiger partial charge in [0.25, 0.3) is 0 Å². The minimum atomic E-state index is -0.713. The normalized spacial score (nSPS) is 35.3. The van der Waals surface area contributed by atoms with Gasteiger partial charge in [0.05, 0.1) is 0 Å². The zero-order valence-electron chi connectivity index (χ0n) is 7.76. The maximum Gasteiger partial charge on any atom is 0.320 e. The monoisotopic (exact) mass is 171 g/mol. The van der Waals surface area contributed by atoms with E-state index in [0.29, 0.717) is 0 Å². The van der Waals surface area contributed by atoms with Crippen molar-refractivity contribution in [1.82, 2.24) is 5.32 Å².